The number of hydrogen-bond donors (Lipinski definition) is 1. The van der Waals surface area contributed by atoms with Gasteiger partial charge in [-0.15, -0.1) is 0 Å². The fourth-order valence-electron chi connectivity index (χ4n) is 1.43. The summed E-state index contributed by atoms with van der Waals surface area (Å²) in [6, 6.07) is 0. The fourth-order valence-corrected chi connectivity index (χ4v) is 1.43. The molecule has 0 saturated heterocycles. The molecule has 0 spiro atoms. The maximum Gasteiger partial charge on any atom is 0.225 e. The molecule has 1 saturated carbocycles. The van der Waals surface area contributed by atoms with E-state index in [1.165, 1.54) is 0 Å². The van der Waals surface area contributed by atoms with Crippen LogP contribution in [0.4, 0.5) is 0 Å². The quantitative estimate of drug-likeness (QED) is 0.703. The van der Waals surface area contributed by atoms with Gasteiger partial charge in [0.05, 0.1) is 0 Å². The number of amides is 1. The summed E-state index contributed by atoms with van der Waals surface area (Å²) >= 11 is 0. The van der Waals surface area contributed by atoms with Crippen molar-refractivity contribution in [3.05, 3.63) is 0 Å². The zero-order valence-electron chi connectivity index (χ0n) is 8.84. The highest BCUT2D eigenvalue weighted by molar-refractivity contribution is 5.80. The van der Waals surface area contributed by atoms with Crippen LogP contribution in [-0.4, -0.2) is 30.9 Å². The molecule has 0 aromatic rings. The predicted octanol–water partition coefficient (Wildman–Crippen LogP) is 0.840. The lowest BCUT2D eigenvalue weighted by atomic mass is 9.93. The highest BCUT2D eigenvalue weighted by Gasteiger charge is 2.33. The number of carbonyl (C=O) groups is 1. The average Bonchev–Trinajstić information content (AvgIpc) is 2.85. The fraction of sp³-hybridized carbons (Fsp3) is 0.900. The highest BCUT2D eigenvalue weighted by atomic mass is 16.2. The Morgan fingerprint density at radius 1 is 1.54 bits per heavy atom. The first-order valence-corrected chi connectivity index (χ1v) is 4.91. The van der Waals surface area contributed by atoms with Crippen molar-refractivity contribution in [2.24, 2.45) is 17.1 Å². The van der Waals surface area contributed by atoms with E-state index in [9.17, 15) is 4.79 Å². The van der Waals surface area contributed by atoms with Gasteiger partial charge in [-0.3, -0.25) is 4.79 Å². The van der Waals surface area contributed by atoms with Crippen LogP contribution in [0.1, 0.15) is 26.7 Å². The van der Waals surface area contributed by atoms with Crippen molar-refractivity contribution in [1.82, 2.24) is 4.90 Å². The van der Waals surface area contributed by atoms with Gasteiger partial charge in [0, 0.05) is 19.5 Å². The van der Waals surface area contributed by atoms with Crippen LogP contribution in [0.3, 0.4) is 0 Å². The van der Waals surface area contributed by atoms with Gasteiger partial charge in [-0.05, 0) is 24.8 Å². The Balaban J connectivity index is 2.39. The number of nitrogens with zero attached hydrogens (tertiary/aromatic N) is 1. The lowest BCUT2D eigenvalue weighted by Gasteiger charge is -2.29. The van der Waals surface area contributed by atoms with E-state index < -0.39 is 0 Å². The van der Waals surface area contributed by atoms with Gasteiger partial charge in [-0.2, -0.15) is 0 Å². The Morgan fingerprint density at radius 2 is 2.08 bits per heavy atom. The molecule has 76 valence electrons. The van der Waals surface area contributed by atoms with E-state index in [1.54, 1.807) is 0 Å². The van der Waals surface area contributed by atoms with Gasteiger partial charge in [0.1, 0.15) is 0 Å². The number of carbonyl (C=O) groups excluding carboxylic acids is 1. The molecule has 0 aromatic carbocycles. The van der Waals surface area contributed by atoms with Crippen molar-refractivity contribution in [3.63, 3.8) is 0 Å². The molecule has 0 unspecified atom stereocenters. The highest BCUT2D eigenvalue weighted by Crippen LogP contribution is 2.31. The first-order chi connectivity index (χ1) is 5.96. The lowest BCUT2D eigenvalue weighted by Crippen LogP contribution is -2.40. The first-order valence-electron chi connectivity index (χ1n) is 4.91. The third-order valence-electron chi connectivity index (χ3n) is 2.52. The Bertz CT molecular complexity index is 197. The third-order valence-corrected chi connectivity index (χ3v) is 2.52. The van der Waals surface area contributed by atoms with E-state index in [0.717, 1.165) is 19.4 Å². The zero-order valence-corrected chi connectivity index (χ0v) is 8.84. The molecule has 1 rings (SSSR count). The smallest absolute Gasteiger partial charge is 0.225 e. The Kier molecular flexibility index (Phi) is 2.96. The summed E-state index contributed by atoms with van der Waals surface area (Å²) in [6.45, 7) is 5.56. The van der Waals surface area contributed by atoms with Crippen LogP contribution in [0.25, 0.3) is 0 Å². The Morgan fingerprint density at radius 3 is 2.46 bits per heavy atom. The summed E-state index contributed by atoms with van der Waals surface area (Å²) in [5.74, 6) is 0.611. The summed E-state index contributed by atoms with van der Waals surface area (Å²) in [7, 11) is 1.87. The van der Waals surface area contributed by atoms with E-state index in [0.29, 0.717) is 18.4 Å². The molecule has 1 aliphatic carbocycles. The van der Waals surface area contributed by atoms with E-state index in [1.807, 2.05) is 11.9 Å². The van der Waals surface area contributed by atoms with Crippen LogP contribution >= 0.6 is 0 Å². The molecule has 1 aliphatic rings. The molecule has 3 heteroatoms. The van der Waals surface area contributed by atoms with Crippen molar-refractivity contribution < 1.29 is 4.79 Å². The van der Waals surface area contributed by atoms with Gasteiger partial charge in [-0.1, -0.05) is 13.8 Å². The van der Waals surface area contributed by atoms with E-state index >= 15 is 0 Å². The minimum Gasteiger partial charge on any atom is -0.345 e. The summed E-state index contributed by atoms with van der Waals surface area (Å²) in [5.41, 5.74) is 5.65. The molecular formula is C10H20N2O. The zero-order chi connectivity index (χ0) is 10.1. The summed E-state index contributed by atoms with van der Waals surface area (Å²) in [6.07, 6.45) is 2.15. The molecule has 3 nitrogen and oxygen atoms in total. The molecule has 2 N–H and O–H groups in total. The Labute approximate surface area is 80.3 Å². The molecule has 13 heavy (non-hydrogen) atoms. The van der Waals surface area contributed by atoms with Crippen LogP contribution in [-0.2, 0) is 4.79 Å². The summed E-state index contributed by atoms with van der Waals surface area (Å²) in [5, 5.41) is 0. The molecule has 0 radical (unpaired) electrons. The maximum absolute atomic E-state index is 11.6. The monoisotopic (exact) mass is 184 g/mol. The number of rotatable bonds is 4. The van der Waals surface area contributed by atoms with E-state index in [2.05, 4.69) is 13.8 Å². The third kappa shape index (κ3) is 2.99. The molecule has 0 bridgehead atoms. The number of hydrogen-bond acceptors (Lipinski definition) is 2. The second kappa shape index (κ2) is 3.66. The minimum atomic E-state index is 0.0410. The van der Waals surface area contributed by atoms with Crippen molar-refractivity contribution >= 4 is 5.91 Å². The van der Waals surface area contributed by atoms with E-state index in [-0.39, 0.29) is 5.41 Å². The van der Waals surface area contributed by atoms with Gasteiger partial charge >= 0.3 is 0 Å². The molecule has 0 atom stereocenters. The van der Waals surface area contributed by atoms with E-state index in [4.69, 9.17) is 5.73 Å². The minimum absolute atomic E-state index is 0.0410. The standard InChI is InChI=1S/C10H20N2O/c1-10(2,6-11)7-12(3)9(13)8-4-5-8/h8H,4-7,11H2,1-3H3. The van der Waals surface area contributed by atoms with Crippen LogP contribution in [0.15, 0.2) is 0 Å². The summed E-state index contributed by atoms with van der Waals surface area (Å²) in [4.78, 5) is 13.4. The SMILES string of the molecule is CN(CC(C)(C)CN)C(=O)C1CC1. The van der Waals surface area contributed by atoms with Crippen molar-refractivity contribution in [1.29, 1.82) is 0 Å². The van der Waals surface area contributed by atoms with Crippen molar-refractivity contribution in [2.45, 2.75) is 26.7 Å². The second-order valence-electron chi connectivity index (χ2n) is 4.84. The molecule has 0 aromatic heterocycles. The van der Waals surface area contributed by atoms with Crippen LogP contribution in [0.5, 0.6) is 0 Å². The second-order valence-corrected chi connectivity index (χ2v) is 4.84. The largest absolute Gasteiger partial charge is 0.345 e. The van der Waals surface area contributed by atoms with Crippen molar-refractivity contribution in [3.8, 4) is 0 Å². The van der Waals surface area contributed by atoms with Gasteiger partial charge < -0.3 is 10.6 Å². The maximum atomic E-state index is 11.6. The molecule has 0 heterocycles. The number of nitrogens with two attached hydrogens (primary N) is 1. The van der Waals surface area contributed by atoms with Gasteiger partial charge in [0.15, 0.2) is 0 Å². The van der Waals surface area contributed by atoms with Crippen molar-refractivity contribution in [2.75, 3.05) is 20.1 Å². The van der Waals surface area contributed by atoms with Gasteiger partial charge in [0.25, 0.3) is 0 Å². The molecular weight excluding hydrogens is 164 g/mol. The van der Waals surface area contributed by atoms with Crippen LogP contribution < -0.4 is 5.73 Å². The average molecular weight is 184 g/mol. The summed E-state index contributed by atoms with van der Waals surface area (Å²) < 4.78 is 0. The topological polar surface area (TPSA) is 46.3 Å². The lowest BCUT2D eigenvalue weighted by molar-refractivity contribution is -0.132. The molecule has 1 amide bonds. The Hall–Kier alpha value is -0.570. The van der Waals surface area contributed by atoms with Gasteiger partial charge in [-0.25, -0.2) is 0 Å². The molecule has 0 aliphatic heterocycles. The van der Waals surface area contributed by atoms with Crippen LogP contribution in [0.2, 0.25) is 0 Å². The molecule has 1 fully saturated rings. The first kappa shape index (κ1) is 10.5. The predicted molar refractivity (Wildman–Crippen MR) is 53.2 cm³/mol. The van der Waals surface area contributed by atoms with Crippen LogP contribution in [0, 0.1) is 11.3 Å². The normalized spacial score (nSPS) is 17.2. The van der Waals surface area contributed by atoms with Gasteiger partial charge in [0.2, 0.25) is 5.91 Å².